The van der Waals surface area contributed by atoms with Crippen LogP contribution in [0.5, 0.6) is 0 Å². The Kier molecular flexibility index (Phi) is 7.86. The van der Waals surface area contributed by atoms with Crippen molar-refractivity contribution in [1.29, 1.82) is 0 Å². The Balaban J connectivity index is 1.88. The number of fused-ring (bicyclic) bond motifs is 2. The molecule has 0 saturated carbocycles. The van der Waals surface area contributed by atoms with Crippen LogP contribution in [0.2, 0.25) is 0 Å². The van der Waals surface area contributed by atoms with E-state index in [1.165, 1.54) is 12.4 Å². The highest BCUT2D eigenvalue weighted by molar-refractivity contribution is 6.31. The molecule has 0 amide bonds. The number of rotatable bonds is 12. The standard InChI is InChI=1S/C21H27N5O4/c27-11-9-22-5-7-25-16-1-2-17(26-8-6-23-10-12-28)19-18(16)20(29)14-3-4-24-13-15(14)21(19)30/h1-4,13,22-23,25-28H,5-12H2. The van der Waals surface area contributed by atoms with E-state index in [4.69, 9.17) is 10.2 Å². The quantitative estimate of drug-likeness (QED) is 0.224. The predicted octanol–water partition coefficient (Wildman–Crippen LogP) is -0.155. The molecule has 9 heteroatoms. The Morgan fingerprint density at radius 1 is 0.700 bits per heavy atom. The van der Waals surface area contributed by atoms with Gasteiger partial charge in [0.1, 0.15) is 0 Å². The summed E-state index contributed by atoms with van der Waals surface area (Å²) < 4.78 is 0. The third kappa shape index (κ3) is 4.82. The number of aliphatic hydroxyl groups excluding tert-OH is 2. The van der Waals surface area contributed by atoms with Gasteiger partial charge in [-0.3, -0.25) is 14.6 Å². The van der Waals surface area contributed by atoms with E-state index in [2.05, 4.69) is 26.3 Å². The van der Waals surface area contributed by atoms with Crippen molar-refractivity contribution in [3.8, 4) is 0 Å². The number of nitrogens with zero attached hydrogens (tertiary/aromatic N) is 1. The number of anilines is 2. The maximum atomic E-state index is 13.2. The smallest absolute Gasteiger partial charge is 0.198 e. The van der Waals surface area contributed by atoms with E-state index >= 15 is 0 Å². The Labute approximate surface area is 174 Å². The number of aliphatic hydroxyl groups is 2. The second-order valence-electron chi connectivity index (χ2n) is 6.79. The summed E-state index contributed by atoms with van der Waals surface area (Å²) in [5.74, 6) is -0.449. The summed E-state index contributed by atoms with van der Waals surface area (Å²) in [5, 5.41) is 30.3. The first kappa shape index (κ1) is 21.8. The summed E-state index contributed by atoms with van der Waals surface area (Å²) in [6.45, 7) is 3.37. The fourth-order valence-corrected chi connectivity index (χ4v) is 3.39. The molecule has 0 saturated heterocycles. The number of carbonyl (C=O) groups excluding carboxylic acids is 2. The van der Waals surface area contributed by atoms with Gasteiger partial charge in [-0.1, -0.05) is 0 Å². The van der Waals surface area contributed by atoms with Crippen LogP contribution in [-0.4, -0.2) is 79.2 Å². The van der Waals surface area contributed by atoms with E-state index in [0.29, 0.717) is 72.9 Å². The summed E-state index contributed by atoms with van der Waals surface area (Å²) in [6.07, 6.45) is 2.94. The van der Waals surface area contributed by atoms with Crippen molar-refractivity contribution in [2.75, 3.05) is 63.1 Å². The van der Waals surface area contributed by atoms with Crippen LogP contribution in [-0.2, 0) is 0 Å². The Morgan fingerprint density at radius 2 is 1.23 bits per heavy atom. The van der Waals surface area contributed by atoms with Crippen LogP contribution in [0.4, 0.5) is 11.4 Å². The fourth-order valence-electron chi connectivity index (χ4n) is 3.39. The molecular formula is C21H27N5O4. The molecule has 0 fully saturated rings. The van der Waals surface area contributed by atoms with Crippen LogP contribution in [0.25, 0.3) is 0 Å². The Morgan fingerprint density at radius 3 is 1.77 bits per heavy atom. The van der Waals surface area contributed by atoms with Gasteiger partial charge < -0.3 is 31.5 Å². The first-order chi connectivity index (χ1) is 14.7. The molecule has 0 aliphatic heterocycles. The number of benzene rings is 1. The van der Waals surface area contributed by atoms with E-state index < -0.39 is 0 Å². The highest BCUT2D eigenvalue weighted by atomic mass is 16.3. The lowest BCUT2D eigenvalue weighted by atomic mass is 9.83. The van der Waals surface area contributed by atoms with Crippen molar-refractivity contribution >= 4 is 22.9 Å². The fraction of sp³-hybridized carbons (Fsp3) is 0.381. The molecule has 0 radical (unpaired) electrons. The van der Waals surface area contributed by atoms with E-state index in [0.717, 1.165) is 0 Å². The van der Waals surface area contributed by atoms with Gasteiger partial charge in [0.25, 0.3) is 0 Å². The summed E-state index contributed by atoms with van der Waals surface area (Å²) in [4.78, 5) is 30.5. The molecule has 1 aliphatic rings. The molecule has 30 heavy (non-hydrogen) atoms. The average molecular weight is 413 g/mol. The normalized spacial score (nSPS) is 12.5. The van der Waals surface area contributed by atoms with Crippen LogP contribution in [0.1, 0.15) is 31.8 Å². The van der Waals surface area contributed by atoms with Crippen LogP contribution in [0.3, 0.4) is 0 Å². The summed E-state index contributed by atoms with van der Waals surface area (Å²) in [7, 11) is 0. The third-order valence-corrected chi connectivity index (χ3v) is 4.78. The lowest BCUT2D eigenvalue weighted by molar-refractivity contribution is 0.0980. The molecule has 1 aromatic carbocycles. The molecule has 6 N–H and O–H groups in total. The van der Waals surface area contributed by atoms with Gasteiger partial charge in [0.05, 0.1) is 29.9 Å². The summed E-state index contributed by atoms with van der Waals surface area (Å²) in [6, 6.07) is 5.16. The maximum Gasteiger partial charge on any atom is 0.198 e. The molecule has 1 heterocycles. The van der Waals surface area contributed by atoms with Crippen molar-refractivity contribution in [3.63, 3.8) is 0 Å². The summed E-state index contributed by atoms with van der Waals surface area (Å²) in [5.41, 5.74) is 2.54. The number of carbonyl (C=O) groups is 2. The minimum Gasteiger partial charge on any atom is -0.395 e. The monoisotopic (exact) mass is 413 g/mol. The predicted molar refractivity (Wildman–Crippen MR) is 114 cm³/mol. The van der Waals surface area contributed by atoms with Gasteiger partial charge in [-0.25, -0.2) is 0 Å². The van der Waals surface area contributed by atoms with Crippen molar-refractivity contribution in [2.45, 2.75) is 0 Å². The molecule has 1 aliphatic carbocycles. The zero-order valence-corrected chi connectivity index (χ0v) is 16.7. The molecule has 0 unspecified atom stereocenters. The van der Waals surface area contributed by atoms with Crippen molar-refractivity contribution in [3.05, 3.63) is 52.8 Å². The Bertz CT molecular complexity index is 831. The number of pyridine rings is 1. The number of aromatic nitrogens is 1. The lowest BCUT2D eigenvalue weighted by Gasteiger charge is -2.23. The van der Waals surface area contributed by atoms with Crippen LogP contribution in [0.15, 0.2) is 30.6 Å². The minimum atomic E-state index is -0.236. The number of ketones is 2. The van der Waals surface area contributed by atoms with Crippen molar-refractivity contribution < 1.29 is 19.8 Å². The average Bonchev–Trinajstić information content (AvgIpc) is 2.77. The van der Waals surface area contributed by atoms with E-state index in [9.17, 15) is 9.59 Å². The van der Waals surface area contributed by atoms with Gasteiger partial charge in [0.15, 0.2) is 11.6 Å². The van der Waals surface area contributed by atoms with Crippen molar-refractivity contribution in [1.82, 2.24) is 15.6 Å². The minimum absolute atomic E-state index is 0.0553. The van der Waals surface area contributed by atoms with E-state index in [-0.39, 0.29) is 24.8 Å². The molecule has 0 atom stereocenters. The molecule has 0 spiro atoms. The van der Waals surface area contributed by atoms with Gasteiger partial charge in [-0.2, -0.15) is 0 Å². The zero-order chi connectivity index (χ0) is 21.3. The number of hydrogen-bond acceptors (Lipinski definition) is 9. The highest BCUT2D eigenvalue weighted by Crippen LogP contribution is 2.36. The largest absolute Gasteiger partial charge is 0.395 e. The number of nitrogens with one attached hydrogen (secondary N) is 4. The third-order valence-electron chi connectivity index (χ3n) is 4.78. The van der Waals surface area contributed by atoms with Gasteiger partial charge >= 0.3 is 0 Å². The number of hydrogen-bond donors (Lipinski definition) is 6. The van der Waals surface area contributed by atoms with Gasteiger partial charge in [0.2, 0.25) is 0 Å². The van der Waals surface area contributed by atoms with Crippen molar-refractivity contribution in [2.24, 2.45) is 0 Å². The molecular weight excluding hydrogens is 386 g/mol. The first-order valence-electron chi connectivity index (χ1n) is 10.00. The van der Waals surface area contributed by atoms with Gasteiger partial charge in [-0.15, -0.1) is 0 Å². The Hall–Kier alpha value is -2.85. The highest BCUT2D eigenvalue weighted by Gasteiger charge is 2.34. The van der Waals surface area contributed by atoms with E-state index in [1.807, 2.05) is 0 Å². The lowest BCUT2D eigenvalue weighted by Crippen LogP contribution is -2.28. The SMILES string of the molecule is O=C1c2ccncc2C(=O)c2c(NCCNCCO)ccc(NCCNCCO)c21. The second kappa shape index (κ2) is 10.8. The molecule has 9 nitrogen and oxygen atoms in total. The molecule has 3 rings (SSSR count). The van der Waals surface area contributed by atoms with Crippen LogP contribution in [0, 0.1) is 0 Å². The molecule has 160 valence electrons. The topological polar surface area (TPSA) is 136 Å². The van der Waals surface area contributed by atoms with E-state index in [1.54, 1.807) is 18.2 Å². The van der Waals surface area contributed by atoms with Gasteiger partial charge in [0, 0.05) is 68.6 Å². The second-order valence-corrected chi connectivity index (χ2v) is 6.79. The molecule has 2 aromatic rings. The first-order valence-corrected chi connectivity index (χ1v) is 10.00. The van der Waals surface area contributed by atoms with Gasteiger partial charge in [-0.05, 0) is 18.2 Å². The molecule has 0 bridgehead atoms. The molecule has 1 aromatic heterocycles. The summed E-state index contributed by atoms with van der Waals surface area (Å²) >= 11 is 0. The van der Waals surface area contributed by atoms with Crippen LogP contribution >= 0.6 is 0 Å². The zero-order valence-electron chi connectivity index (χ0n) is 16.7. The van der Waals surface area contributed by atoms with Crippen LogP contribution < -0.4 is 21.3 Å². The maximum absolute atomic E-state index is 13.2.